The van der Waals surface area contributed by atoms with Crippen LogP contribution in [0.1, 0.15) is 28.8 Å². The van der Waals surface area contributed by atoms with Crippen molar-refractivity contribution in [3.05, 3.63) is 83.9 Å². The Bertz CT molecular complexity index is 1270. The van der Waals surface area contributed by atoms with Gasteiger partial charge in [0.1, 0.15) is 0 Å². The number of carbonyl (C=O) groups excluding carboxylic acids is 1. The molecule has 7 heteroatoms. The van der Waals surface area contributed by atoms with Crippen molar-refractivity contribution in [2.45, 2.75) is 17.7 Å². The molecule has 1 aliphatic rings. The van der Waals surface area contributed by atoms with Crippen molar-refractivity contribution >= 4 is 21.6 Å². The summed E-state index contributed by atoms with van der Waals surface area (Å²) in [5, 5.41) is 12.2. The van der Waals surface area contributed by atoms with Gasteiger partial charge in [-0.15, -0.1) is 0 Å². The molecule has 1 fully saturated rings. The standard InChI is InChI=1S/C24H21N3O3S/c25-17-18-8-1-2-11-21(18)22-12-3-4-13-23(22)24(28)26-19-9-7-10-20(16-19)31(29,30)27-14-5-6-15-27/h1-4,7-13,16H,5-6,14-15H2,(H,26,28). The maximum Gasteiger partial charge on any atom is 0.256 e. The van der Waals surface area contributed by atoms with Crippen LogP contribution in [-0.2, 0) is 10.0 Å². The second-order valence-electron chi connectivity index (χ2n) is 7.30. The van der Waals surface area contributed by atoms with E-state index in [0.29, 0.717) is 41.0 Å². The molecule has 0 saturated carbocycles. The summed E-state index contributed by atoms with van der Waals surface area (Å²) >= 11 is 0. The molecule has 4 rings (SSSR count). The van der Waals surface area contributed by atoms with E-state index in [1.807, 2.05) is 12.1 Å². The number of hydrogen-bond donors (Lipinski definition) is 1. The number of carbonyl (C=O) groups is 1. The fourth-order valence-electron chi connectivity index (χ4n) is 3.74. The molecule has 3 aromatic carbocycles. The van der Waals surface area contributed by atoms with E-state index in [2.05, 4.69) is 11.4 Å². The minimum absolute atomic E-state index is 0.162. The number of nitrogens with one attached hydrogen (secondary N) is 1. The van der Waals surface area contributed by atoms with Gasteiger partial charge in [0.05, 0.1) is 16.5 Å². The number of rotatable bonds is 5. The lowest BCUT2D eigenvalue weighted by Gasteiger charge is -2.16. The quantitative estimate of drug-likeness (QED) is 0.653. The molecule has 1 heterocycles. The lowest BCUT2D eigenvalue weighted by Crippen LogP contribution is -2.27. The molecule has 156 valence electrons. The summed E-state index contributed by atoms with van der Waals surface area (Å²) in [4.78, 5) is 13.2. The first kappa shape index (κ1) is 20.8. The molecule has 6 nitrogen and oxygen atoms in total. The highest BCUT2D eigenvalue weighted by Gasteiger charge is 2.27. The zero-order valence-electron chi connectivity index (χ0n) is 16.8. The van der Waals surface area contributed by atoms with E-state index >= 15 is 0 Å². The lowest BCUT2D eigenvalue weighted by atomic mass is 9.95. The third-order valence-corrected chi connectivity index (χ3v) is 7.20. The van der Waals surface area contributed by atoms with Crippen LogP contribution in [0.25, 0.3) is 11.1 Å². The Balaban J connectivity index is 1.64. The molecule has 1 saturated heterocycles. The van der Waals surface area contributed by atoms with Gasteiger partial charge in [-0.1, -0.05) is 42.5 Å². The summed E-state index contributed by atoms with van der Waals surface area (Å²) in [5.74, 6) is -0.376. The lowest BCUT2D eigenvalue weighted by molar-refractivity contribution is 0.102. The van der Waals surface area contributed by atoms with E-state index in [4.69, 9.17) is 0 Å². The monoisotopic (exact) mass is 431 g/mol. The van der Waals surface area contributed by atoms with Crippen LogP contribution < -0.4 is 5.32 Å². The number of amides is 1. The molecule has 31 heavy (non-hydrogen) atoms. The first-order valence-electron chi connectivity index (χ1n) is 10.0. The second kappa shape index (κ2) is 8.72. The van der Waals surface area contributed by atoms with Gasteiger partial charge in [-0.2, -0.15) is 9.57 Å². The predicted molar refractivity (Wildman–Crippen MR) is 119 cm³/mol. The van der Waals surface area contributed by atoms with Crippen molar-refractivity contribution < 1.29 is 13.2 Å². The average Bonchev–Trinajstić information content (AvgIpc) is 3.35. The van der Waals surface area contributed by atoms with Gasteiger partial charge in [-0.25, -0.2) is 8.42 Å². The Morgan fingerprint density at radius 3 is 2.32 bits per heavy atom. The molecule has 0 aliphatic carbocycles. The number of benzene rings is 3. The molecule has 3 aromatic rings. The molecule has 1 aliphatic heterocycles. The number of nitrogens with zero attached hydrogens (tertiary/aromatic N) is 2. The van der Waals surface area contributed by atoms with Crippen LogP contribution in [0, 0.1) is 11.3 Å². The number of anilines is 1. The van der Waals surface area contributed by atoms with Crippen LogP contribution >= 0.6 is 0 Å². The third kappa shape index (κ3) is 4.22. The van der Waals surface area contributed by atoms with Gasteiger partial charge in [0.15, 0.2) is 0 Å². The zero-order chi connectivity index (χ0) is 21.8. The van der Waals surface area contributed by atoms with Crippen molar-refractivity contribution in [1.82, 2.24) is 4.31 Å². The topological polar surface area (TPSA) is 90.3 Å². The number of nitriles is 1. The predicted octanol–water partition coefficient (Wildman–Crippen LogP) is 4.26. The van der Waals surface area contributed by atoms with Crippen molar-refractivity contribution in [3.8, 4) is 17.2 Å². The molecule has 0 bridgehead atoms. The van der Waals surface area contributed by atoms with Gasteiger partial charge >= 0.3 is 0 Å². The first-order chi connectivity index (χ1) is 15.0. The van der Waals surface area contributed by atoms with Gasteiger partial charge in [-0.05, 0) is 48.7 Å². The molecule has 0 radical (unpaired) electrons. The highest BCUT2D eigenvalue weighted by atomic mass is 32.2. The van der Waals surface area contributed by atoms with E-state index in [9.17, 15) is 18.5 Å². The Morgan fingerprint density at radius 2 is 1.58 bits per heavy atom. The van der Waals surface area contributed by atoms with E-state index in [-0.39, 0.29) is 10.8 Å². The molecular weight excluding hydrogens is 410 g/mol. The van der Waals surface area contributed by atoms with Crippen LogP contribution in [0.15, 0.2) is 77.7 Å². The van der Waals surface area contributed by atoms with E-state index < -0.39 is 10.0 Å². The highest BCUT2D eigenvalue weighted by molar-refractivity contribution is 7.89. The van der Waals surface area contributed by atoms with Crippen molar-refractivity contribution in [2.24, 2.45) is 0 Å². The molecule has 0 atom stereocenters. The van der Waals surface area contributed by atoms with Crippen molar-refractivity contribution in [1.29, 1.82) is 5.26 Å². The van der Waals surface area contributed by atoms with Crippen LogP contribution in [0.3, 0.4) is 0 Å². The smallest absolute Gasteiger partial charge is 0.256 e. The van der Waals surface area contributed by atoms with Gasteiger partial charge in [0, 0.05) is 29.9 Å². The van der Waals surface area contributed by atoms with Crippen LogP contribution in [0.2, 0.25) is 0 Å². The fourth-order valence-corrected chi connectivity index (χ4v) is 5.31. The summed E-state index contributed by atoms with van der Waals surface area (Å²) in [6, 6.07) is 22.6. The summed E-state index contributed by atoms with van der Waals surface area (Å²) in [5.41, 5.74) is 2.58. The minimum Gasteiger partial charge on any atom is -0.322 e. The molecule has 0 aromatic heterocycles. The first-order valence-corrected chi connectivity index (χ1v) is 11.4. The van der Waals surface area contributed by atoms with Crippen molar-refractivity contribution in [3.63, 3.8) is 0 Å². The van der Waals surface area contributed by atoms with Crippen LogP contribution in [0.5, 0.6) is 0 Å². The third-order valence-electron chi connectivity index (χ3n) is 5.30. The largest absolute Gasteiger partial charge is 0.322 e. The molecule has 1 amide bonds. The average molecular weight is 432 g/mol. The Hall–Kier alpha value is -3.47. The maximum absolute atomic E-state index is 13.1. The Labute approximate surface area is 181 Å². The van der Waals surface area contributed by atoms with Crippen LogP contribution in [0.4, 0.5) is 5.69 Å². The minimum atomic E-state index is -3.58. The highest BCUT2D eigenvalue weighted by Crippen LogP contribution is 2.28. The molecule has 1 N–H and O–H groups in total. The summed E-state index contributed by atoms with van der Waals surface area (Å²) < 4.78 is 27.1. The van der Waals surface area contributed by atoms with E-state index in [1.54, 1.807) is 54.6 Å². The number of hydrogen-bond acceptors (Lipinski definition) is 4. The molecule has 0 spiro atoms. The fraction of sp³-hybridized carbons (Fsp3) is 0.167. The molecular formula is C24H21N3O3S. The van der Waals surface area contributed by atoms with Gasteiger partial charge in [0.2, 0.25) is 10.0 Å². The zero-order valence-corrected chi connectivity index (χ0v) is 17.6. The normalized spacial score (nSPS) is 14.2. The van der Waals surface area contributed by atoms with Gasteiger partial charge in [0.25, 0.3) is 5.91 Å². The van der Waals surface area contributed by atoms with E-state index in [0.717, 1.165) is 12.8 Å². The van der Waals surface area contributed by atoms with Crippen molar-refractivity contribution in [2.75, 3.05) is 18.4 Å². The number of sulfonamides is 1. The second-order valence-corrected chi connectivity index (χ2v) is 9.23. The molecule has 0 unspecified atom stereocenters. The van der Waals surface area contributed by atoms with Gasteiger partial charge < -0.3 is 5.32 Å². The van der Waals surface area contributed by atoms with Crippen LogP contribution in [-0.4, -0.2) is 31.7 Å². The Morgan fingerprint density at radius 1 is 0.903 bits per heavy atom. The summed E-state index contributed by atoms with van der Waals surface area (Å²) in [6.07, 6.45) is 1.72. The van der Waals surface area contributed by atoms with E-state index in [1.165, 1.54) is 10.4 Å². The Kier molecular flexibility index (Phi) is 5.85. The van der Waals surface area contributed by atoms with Gasteiger partial charge in [-0.3, -0.25) is 4.79 Å². The summed E-state index contributed by atoms with van der Waals surface area (Å²) in [7, 11) is -3.58. The maximum atomic E-state index is 13.1. The summed E-state index contributed by atoms with van der Waals surface area (Å²) in [6.45, 7) is 1.04. The SMILES string of the molecule is N#Cc1ccccc1-c1ccccc1C(=O)Nc1cccc(S(=O)(=O)N2CCCC2)c1.